The van der Waals surface area contributed by atoms with E-state index < -0.39 is 28.5 Å². The summed E-state index contributed by atoms with van der Waals surface area (Å²) < 4.78 is 26.8. The van der Waals surface area contributed by atoms with Gasteiger partial charge in [0.15, 0.2) is 0 Å². The summed E-state index contributed by atoms with van der Waals surface area (Å²) >= 11 is 12.4. The van der Waals surface area contributed by atoms with Crippen LogP contribution >= 0.6 is 23.2 Å². The molecular formula is C33H33Cl2N3O4S. The van der Waals surface area contributed by atoms with Crippen molar-refractivity contribution in [3.63, 3.8) is 0 Å². The zero-order valence-corrected chi connectivity index (χ0v) is 26.0. The highest BCUT2D eigenvalue weighted by Crippen LogP contribution is 2.19. The van der Waals surface area contributed by atoms with E-state index in [-0.39, 0.29) is 32.0 Å². The Hall–Kier alpha value is -3.69. The monoisotopic (exact) mass is 637 g/mol. The first-order valence-electron chi connectivity index (χ1n) is 13.7. The third-order valence-electron chi connectivity index (χ3n) is 6.93. The molecule has 4 rings (SSSR count). The third-order valence-corrected chi connectivity index (χ3v) is 8.75. The Morgan fingerprint density at radius 3 is 1.91 bits per heavy atom. The molecule has 0 fully saturated rings. The molecule has 1 N–H and O–H groups in total. The average molecular weight is 639 g/mol. The molecule has 0 radical (unpaired) electrons. The van der Waals surface area contributed by atoms with E-state index in [4.69, 9.17) is 23.2 Å². The van der Waals surface area contributed by atoms with Gasteiger partial charge < -0.3 is 10.2 Å². The molecule has 4 aromatic rings. The Balaban J connectivity index is 1.68. The van der Waals surface area contributed by atoms with Crippen molar-refractivity contribution in [1.29, 1.82) is 0 Å². The van der Waals surface area contributed by atoms with Crippen molar-refractivity contribution >= 4 is 45.0 Å². The lowest BCUT2D eigenvalue weighted by atomic mass is 10.0. The molecule has 43 heavy (non-hydrogen) atoms. The maximum absolute atomic E-state index is 14.1. The van der Waals surface area contributed by atoms with Crippen LogP contribution in [0.5, 0.6) is 0 Å². The number of hydrogen-bond donors (Lipinski definition) is 1. The SMILES string of the molecule is CS(=O)(=O)N(CC(=O)N(Cc1ccc(Cl)cc1)[C@H](Cc1ccccc1)C(=O)NCc1ccccc1Cl)Cc1ccccc1. The first-order valence-corrected chi connectivity index (χ1v) is 16.3. The van der Waals surface area contributed by atoms with Crippen LogP contribution in [-0.2, 0) is 45.7 Å². The quantitative estimate of drug-likeness (QED) is 0.203. The number of halogens is 2. The van der Waals surface area contributed by atoms with Crippen molar-refractivity contribution in [3.05, 3.63) is 141 Å². The summed E-state index contributed by atoms with van der Waals surface area (Å²) in [6, 6.07) is 31.7. The first kappa shape index (κ1) is 32.2. The normalized spacial score (nSPS) is 12.1. The summed E-state index contributed by atoms with van der Waals surface area (Å²) in [6.07, 6.45) is 1.29. The second-order valence-electron chi connectivity index (χ2n) is 10.2. The predicted octanol–water partition coefficient (Wildman–Crippen LogP) is 5.71. The van der Waals surface area contributed by atoms with Gasteiger partial charge in [0.25, 0.3) is 0 Å². The van der Waals surface area contributed by atoms with E-state index in [0.717, 1.165) is 32.8 Å². The van der Waals surface area contributed by atoms with E-state index >= 15 is 0 Å². The second kappa shape index (κ2) is 15.2. The number of sulfonamides is 1. The van der Waals surface area contributed by atoms with E-state index in [9.17, 15) is 18.0 Å². The summed E-state index contributed by atoms with van der Waals surface area (Å²) in [4.78, 5) is 29.5. The molecule has 0 aromatic heterocycles. The lowest BCUT2D eigenvalue weighted by molar-refractivity contribution is -0.141. The van der Waals surface area contributed by atoms with E-state index in [1.54, 1.807) is 48.5 Å². The summed E-state index contributed by atoms with van der Waals surface area (Å²) in [5.41, 5.74) is 3.06. The molecule has 0 aliphatic heterocycles. The van der Waals surface area contributed by atoms with Crippen LogP contribution in [0, 0.1) is 0 Å². The smallest absolute Gasteiger partial charge is 0.243 e. The number of hydrogen-bond acceptors (Lipinski definition) is 4. The van der Waals surface area contributed by atoms with Crippen LogP contribution in [0.1, 0.15) is 22.3 Å². The predicted molar refractivity (Wildman–Crippen MR) is 171 cm³/mol. The Morgan fingerprint density at radius 2 is 1.30 bits per heavy atom. The molecule has 4 aromatic carbocycles. The fraction of sp³-hybridized carbons (Fsp3) is 0.212. The largest absolute Gasteiger partial charge is 0.350 e. The van der Waals surface area contributed by atoms with Crippen molar-refractivity contribution in [3.8, 4) is 0 Å². The van der Waals surface area contributed by atoms with Gasteiger partial charge in [-0.15, -0.1) is 0 Å². The molecule has 0 saturated carbocycles. The van der Waals surface area contributed by atoms with Gasteiger partial charge in [0.1, 0.15) is 6.04 Å². The summed E-state index contributed by atoms with van der Waals surface area (Å²) in [6.45, 7) is -0.196. The molecule has 1 atom stereocenters. The molecule has 0 aliphatic rings. The van der Waals surface area contributed by atoms with Gasteiger partial charge >= 0.3 is 0 Å². The number of nitrogens with one attached hydrogen (secondary N) is 1. The highest BCUT2D eigenvalue weighted by molar-refractivity contribution is 7.88. The van der Waals surface area contributed by atoms with Gasteiger partial charge in [-0.3, -0.25) is 9.59 Å². The van der Waals surface area contributed by atoms with E-state index in [1.807, 2.05) is 60.7 Å². The summed E-state index contributed by atoms with van der Waals surface area (Å²) in [5, 5.41) is 3.99. The van der Waals surface area contributed by atoms with Gasteiger partial charge in [-0.1, -0.05) is 114 Å². The highest BCUT2D eigenvalue weighted by Gasteiger charge is 2.33. The van der Waals surface area contributed by atoms with Crippen LogP contribution in [0.25, 0.3) is 0 Å². The minimum absolute atomic E-state index is 0.0161. The van der Waals surface area contributed by atoms with Crippen molar-refractivity contribution in [2.45, 2.75) is 32.1 Å². The molecule has 0 aliphatic carbocycles. The fourth-order valence-corrected chi connectivity index (χ4v) is 5.66. The average Bonchev–Trinajstić information content (AvgIpc) is 2.99. The molecular weight excluding hydrogens is 605 g/mol. The lowest BCUT2D eigenvalue weighted by Gasteiger charge is -2.33. The van der Waals surface area contributed by atoms with Gasteiger partial charge in [0, 0.05) is 36.1 Å². The van der Waals surface area contributed by atoms with Crippen LogP contribution < -0.4 is 5.32 Å². The Morgan fingerprint density at radius 1 is 0.744 bits per heavy atom. The topological polar surface area (TPSA) is 86.8 Å². The zero-order valence-electron chi connectivity index (χ0n) is 23.7. The van der Waals surface area contributed by atoms with Crippen molar-refractivity contribution in [2.75, 3.05) is 12.8 Å². The minimum atomic E-state index is -3.77. The number of benzene rings is 4. The van der Waals surface area contributed by atoms with Crippen LogP contribution in [0.2, 0.25) is 10.0 Å². The molecule has 0 unspecified atom stereocenters. The van der Waals surface area contributed by atoms with Crippen LogP contribution in [0.3, 0.4) is 0 Å². The molecule has 224 valence electrons. The maximum atomic E-state index is 14.1. The molecule has 10 heteroatoms. The molecule has 2 amide bonds. The van der Waals surface area contributed by atoms with Crippen LogP contribution in [0.15, 0.2) is 109 Å². The zero-order chi connectivity index (χ0) is 30.8. The molecule has 0 bridgehead atoms. The third kappa shape index (κ3) is 9.66. The second-order valence-corrected chi connectivity index (χ2v) is 13.0. The van der Waals surface area contributed by atoms with Crippen molar-refractivity contribution < 1.29 is 18.0 Å². The number of nitrogens with zero attached hydrogens (tertiary/aromatic N) is 2. The van der Waals surface area contributed by atoms with Gasteiger partial charge in [0.2, 0.25) is 21.8 Å². The number of amides is 2. The number of rotatable bonds is 13. The molecule has 7 nitrogen and oxygen atoms in total. The van der Waals surface area contributed by atoms with Gasteiger partial charge in [-0.2, -0.15) is 4.31 Å². The van der Waals surface area contributed by atoms with Crippen LogP contribution in [-0.4, -0.2) is 48.3 Å². The highest BCUT2D eigenvalue weighted by atomic mass is 35.5. The van der Waals surface area contributed by atoms with Gasteiger partial charge in [0.05, 0.1) is 12.8 Å². The molecule has 0 saturated heterocycles. The standard InChI is InChI=1S/C33H33Cl2N3O4S/c1-43(41,42)37(22-26-12-6-3-7-13-26)24-32(39)38(23-27-16-18-29(34)19-17-27)31(20-25-10-4-2-5-11-25)33(40)36-21-28-14-8-9-15-30(28)35/h2-19,31H,20-24H2,1H3,(H,36,40)/t31-/m1/s1. The van der Waals surface area contributed by atoms with Crippen LogP contribution in [0.4, 0.5) is 0 Å². The Bertz CT molecular complexity index is 1620. The Kier molecular flexibility index (Phi) is 11.4. The first-order chi connectivity index (χ1) is 20.6. The van der Waals surface area contributed by atoms with Gasteiger partial charge in [-0.25, -0.2) is 8.42 Å². The number of carbonyl (C=O) groups is 2. The summed E-state index contributed by atoms with van der Waals surface area (Å²) in [5.74, 6) is -0.898. The van der Waals surface area contributed by atoms with E-state index in [1.165, 1.54) is 4.90 Å². The van der Waals surface area contributed by atoms with E-state index in [0.29, 0.717) is 10.0 Å². The number of carbonyl (C=O) groups excluding carboxylic acids is 2. The molecule has 0 spiro atoms. The maximum Gasteiger partial charge on any atom is 0.243 e. The van der Waals surface area contributed by atoms with E-state index in [2.05, 4.69) is 5.32 Å². The minimum Gasteiger partial charge on any atom is -0.350 e. The fourth-order valence-electron chi connectivity index (χ4n) is 4.60. The Labute approximate surface area is 263 Å². The van der Waals surface area contributed by atoms with Crippen molar-refractivity contribution in [2.24, 2.45) is 0 Å². The summed E-state index contributed by atoms with van der Waals surface area (Å²) in [7, 11) is -3.77. The van der Waals surface area contributed by atoms with Gasteiger partial charge in [-0.05, 0) is 40.5 Å². The van der Waals surface area contributed by atoms with Crippen molar-refractivity contribution in [1.82, 2.24) is 14.5 Å². The molecule has 0 heterocycles. The lowest BCUT2D eigenvalue weighted by Crippen LogP contribution is -2.53.